The fourth-order valence-corrected chi connectivity index (χ4v) is 2.16. The quantitative estimate of drug-likeness (QED) is 0.794. The van der Waals surface area contributed by atoms with Gasteiger partial charge in [-0.3, -0.25) is 9.48 Å². The molecule has 0 aliphatic carbocycles. The Morgan fingerprint density at radius 3 is 3.00 bits per heavy atom. The monoisotopic (exact) mass is 322 g/mol. The Bertz CT molecular complexity index is 616. The number of carbonyl (C=O) groups excluding carboxylic acids is 1. The molecule has 0 unspecified atom stereocenters. The first-order valence-corrected chi connectivity index (χ1v) is 7.47. The third-order valence-corrected chi connectivity index (χ3v) is 3.37. The van der Waals surface area contributed by atoms with Crippen LogP contribution in [-0.2, 0) is 11.3 Å². The van der Waals surface area contributed by atoms with E-state index in [1.807, 2.05) is 6.92 Å². The van der Waals surface area contributed by atoms with Crippen molar-refractivity contribution in [3.63, 3.8) is 0 Å². The Morgan fingerprint density at radius 1 is 1.50 bits per heavy atom. The van der Waals surface area contributed by atoms with Crippen molar-refractivity contribution in [2.75, 3.05) is 6.54 Å². The van der Waals surface area contributed by atoms with Crippen molar-refractivity contribution in [2.24, 2.45) is 0 Å². The van der Waals surface area contributed by atoms with Gasteiger partial charge in [-0.05, 0) is 44.0 Å². The summed E-state index contributed by atoms with van der Waals surface area (Å²) in [6.07, 6.45) is 3.35. The summed E-state index contributed by atoms with van der Waals surface area (Å²) in [5.41, 5.74) is 0.901. The van der Waals surface area contributed by atoms with E-state index in [1.54, 1.807) is 36.1 Å². The minimum atomic E-state index is -0.564. The second-order valence-corrected chi connectivity index (χ2v) is 5.41. The third-order valence-electron chi connectivity index (χ3n) is 3.14. The highest BCUT2D eigenvalue weighted by atomic mass is 35.5. The van der Waals surface area contributed by atoms with Gasteiger partial charge >= 0.3 is 0 Å². The average Bonchev–Trinajstić information content (AvgIpc) is 2.99. The van der Waals surface area contributed by atoms with Crippen LogP contribution in [0.5, 0.6) is 5.75 Å². The molecule has 1 aromatic carbocycles. The maximum atomic E-state index is 12.0. The number of nitrogens with zero attached hydrogens (tertiary/aromatic N) is 3. The largest absolute Gasteiger partial charge is 0.481 e. The van der Waals surface area contributed by atoms with Crippen LogP contribution in [0.3, 0.4) is 0 Å². The number of aryl methyl sites for hydroxylation is 2. The average molecular weight is 323 g/mol. The lowest BCUT2D eigenvalue weighted by Crippen LogP contribution is -2.37. The number of nitrogens with one attached hydrogen (secondary N) is 1. The highest BCUT2D eigenvalue weighted by Gasteiger charge is 2.15. The molecule has 118 valence electrons. The number of carbonyl (C=O) groups is 1. The van der Waals surface area contributed by atoms with E-state index < -0.39 is 6.10 Å². The Morgan fingerprint density at radius 2 is 2.32 bits per heavy atom. The van der Waals surface area contributed by atoms with E-state index in [-0.39, 0.29) is 5.91 Å². The molecule has 0 spiro atoms. The van der Waals surface area contributed by atoms with Crippen molar-refractivity contribution in [1.82, 2.24) is 20.1 Å². The van der Waals surface area contributed by atoms with Crippen molar-refractivity contribution < 1.29 is 9.53 Å². The van der Waals surface area contributed by atoms with Crippen LogP contribution in [0, 0.1) is 6.92 Å². The zero-order valence-electron chi connectivity index (χ0n) is 12.6. The standard InChI is InChI=1S/C15H19ClN4O2/c1-11-8-13(16)4-5-14(11)22-12(2)15(21)18-6-3-7-20-10-17-9-19-20/h4-5,8-10,12H,3,6-7H2,1-2H3,(H,18,21)/t12-/m1/s1. The maximum absolute atomic E-state index is 12.0. The molecular weight excluding hydrogens is 304 g/mol. The first-order valence-electron chi connectivity index (χ1n) is 7.09. The molecule has 0 saturated heterocycles. The molecule has 22 heavy (non-hydrogen) atoms. The van der Waals surface area contributed by atoms with Crippen LogP contribution < -0.4 is 10.1 Å². The Labute approximate surface area is 134 Å². The second-order valence-electron chi connectivity index (χ2n) is 4.97. The van der Waals surface area contributed by atoms with E-state index in [4.69, 9.17) is 16.3 Å². The number of hydrogen-bond donors (Lipinski definition) is 1. The van der Waals surface area contributed by atoms with E-state index in [0.717, 1.165) is 12.0 Å². The van der Waals surface area contributed by atoms with Gasteiger partial charge in [-0.15, -0.1) is 0 Å². The second kappa shape index (κ2) is 7.79. The van der Waals surface area contributed by atoms with Gasteiger partial charge in [0.25, 0.3) is 5.91 Å². The molecule has 2 rings (SSSR count). The Hall–Kier alpha value is -2.08. The van der Waals surface area contributed by atoms with Gasteiger partial charge in [0, 0.05) is 18.1 Å². The summed E-state index contributed by atoms with van der Waals surface area (Å²) in [4.78, 5) is 15.9. The number of benzene rings is 1. The predicted molar refractivity (Wildman–Crippen MR) is 83.9 cm³/mol. The van der Waals surface area contributed by atoms with Crippen LogP contribution in [0.15, 0.2) is 30.9 Å². The van der Waals surface area contributed by atoms with Gasteiger partial charge in [0.2, 0.25) is 0 Å². The lowest BCUT2D eigenvalue weighted by molar-refractivity contribution is -0.127. The number of aromatic nitrogens is 3. The number of halogens is 1. The summed E-state index contributed by atoms with van der Waals surface area (Å²) in [6.45, 7) is 4.89. The molecule has 0 saturated carbocycles. The summed E-state index contributed by atoms with van der Waals surface area (Å²) in [7, 11) is 0. The predicted octanol–water partition coefficient (Wildman–Crippen LogP) is 2.21. The molecule has 0 aliphatic rings. The van der Waals surface area contributed by atoms with E-state index >= 15 is 0 Å². The summed E-state index contributed by atoms with van der Waals surface area (Å²) in [6, 6.07) is 5.32. The van der Waals surface area contributed by atoms with Crippen LogP contribution in [0.4, 0.5) is 0 Å². The molecule has 1 atom stereocenters. The van der Waals surface area contributed by atoms with E-state index in [0.29, 0.717) is 23.9 Å². The van der Waals surface area contributed by atoms with E-state index in [9.17, 15) is 4.79 Å². The summed E-state index contributed by atoms with van der Waals surface area (Å²) in [5.74, 6) is 0.516. The first kappa shape index (κ1) is 16.3. The van der Waals surface area contributed by atoms with Gasteiger partial charge in [-0.2, -0.15) is 5.10 Å². The molecule has 0 fully saturated rings. The molecule has 2 aromatic rings. The van der Waals surface area contributed by atoms with Crippen LogP contribution in [-0.4, -0.2) is 33.3 Å². The number of amides is 1. The molecule has 1 amide bonds. The minimum Gasteiger partial charge on any atom is -0.481 e. The van der Waals surface area contributed by atoms with Gasteiger partial charge in [-0.25, -0.2) is 4.98 Å². The lowest BCUT2D eigenvalue weighted by Gasteiger charge is -2.16. The van der Waals surface area contributed by atoms with Gasteiger partial charge in [0.1, 0.15) is 18.4 Å². The van der Waals surface area contributed by atoms with Gasteiger partial charge in [-0.1, -0.05) is 11.6 Å². The zero-order chi connectivity index (χ0) is 15.9. The third kappa shape index (κ3) is 4.73. The van der Waals surface area contributed by atoms with Gasteiger partial charge in [0.15, 0.2) is 6.10 Å². The van der Waals surface area contributed by atoms with Gasteiger partial charge in [0.05, 0.1) is 0 Å². The van der Waals surface area contributed by atoms with Crippen LogP contribution in [0.1, 0.15) is 18.9 Å². The van der Waals surface area contributed by atoms with Crippen LogP contribution in [0.2, 0.25) is 5.02 Å². The van der Waals surface area contributed by atoms with E-state index in [2.05, 4.69) is 15.4 Å². The smallest absolute Gasteiger partial charge is 0.260 e. The topological polar surface area (TPSA) is 69.0 Å². The molecule has 1 heterocycles. The maximum Gasteiger partial charge on any atom is 0.260 e. The number of ether oxygens (including phenoxy) is 1. The minimum absolute atomic E-state index is 0.145. The molecular formula is C15H19ClN4O2. The van der Waals surface area contributed by atoms with Crippen LogP contribution in [0.25, 0.3) is 0 Å². The molecule has 0 bridgehead atoms. The molecule has 1 aromatic heterocycles. The van der Waals surface area contributed by atoms with Crippen molar-refractivity contribution in [2.45, 2.75) is 32.9 Å². The normalized spacial score (nSPS) is 12.0. The molecule has 1 N–H and O–H groups in total. The van der Waals surface area contributed by atoms with Gasteiger partial charge < -0.3 is 10.1 Å². The lowest BCUT2D eigenvalue weighted by atomic mass is 10.2. The Kier molecular flexibility index (Phi) is 5.77. The highest BCUT2D eigenvalue weighted by molar-refractivity contribution is 6.30. The van der Waals surface area contributed by atoms with E-state index in [1.165, 1.54) is 6.33 Å². The van der Waals surface area contributed by atoms with Crippen molar-refractivity contribution >= 4 is 17.5 Å². The first-order chi connectivity index (χ1) is 10.6. The SMILES string of the molecule is Cc1cc(Cl)ccc1O[C@H](C)C(=O)NCCCn1cncn1. The van der Waals surface area contributed by atoms with Crippen LogP contribution >= 0.6 is 11.6 Å². The fraction of sp³-hybridized carbons (Fsp3) is 0.400. The van der Waals surface area contributed by atoms with Crippen molar-refractivity contribution in [1.29, 1.82) is 0 Å². The number of hydrogen-bond acceptors (Lipinski definition) is 4. The summed E-state index contributed by atoms with van der Waals surface area (Å²) < 4.78 is 7.39. The summed E-state index contributed by atoms with van der Waals surface area (Å²) in [5, 5.41) is 7.49. The van der Waals surface area contributed by atoms with Crippen molar-refractivity contribution in [3.05, 3.63) is 41.4 Å². The zero-order valence-corrected chi connectivity index (χ0v) is 13.4. The number of rotatable bonds is 7. The highest BCUT2D eigenvalue weighted by Crippen LogP contribution is 2.22. The Balaban J connectivity index is 1.74. The molecule has 6 nitrogen and oxygen atoms in total. The molecule has 7 heteroatoms. The summed E-state index contributed by atoms with van der Waals surface area (Å²) >= 11 is 5.90. The van der Waals surface area contributed by atoms with Crippen molar-refractivity contribution in [3.8, 4) is 5.75 Å². The fourth-order valence-electron chi connectivity index (χ4n) is 1.93. The molecule has 0 radical (unpaired) electrons. The molecule has 0 aliphatic heterocycles.